The number of amides is 2. The molecular weight excluding hydrogens is 216 g/mol. The molecule has 1 aromatic rings. The lowest BCUT2D eigenvalue weighted by atomic mass is 10.0. The molecule has 0 atom stereocenters. The van der Waals surface area contributed by atoms with Crippen LogP contribution < -0.4 is 10.2 Å². The summed E-state index contributed by atoms with van der Waals surface area (Å²) in [6.45, 7) is 2.51. The fourth-order valence-electron chi connectivity index (χ4n) is 2.09. The van der Waals surface area contributed by atoms with Gasteiger partial charge in [-0.1, -0.05) is 18.2 Å². The topological polar surface area (TPSA) is 49.4 Å². The summed E-state index contributed by atoms with van der Waals surface area (Å²) in [6.07, 6.45) is 1.36. The van der Waals surface area contributed by atoms with Crippen molar-refractivity contribution in [2.45, 2.75) is 19.8 Å². The van der Waals surface area contributed by atoms with Gasteiger partial charge in [-0.25, -0.2) is 0 Å². The second kappa shape index (κ2) is 4.99. The third-order valence-corrected chi connectivity index (χ3v) is 2.90. The number of hydrogen-bond acceptors (Lipinski definition) is 2. The van der Waals surface area contributed by atoms with Gasteiger partial charge in [0, 0.05) is 32.1 Å². The van der Waals surface area contributed by atoms with Crippen molar-refractivity contribution in [2.24, 2.45) is 0 Å². The molecule has 4 nitrogen and oxygen atoms in total. The predicted octanol–water partition coefficient (Wildman–Crippen LogP) is 1.10. The van der Waals surface area contributed by atoms with Gasteiger partial charge in [-0.05, 0) is 18.1 Å². The Kier molecular flexibility index (Phi) is 3.42. The van der Waals surface area contributed by atoms with E-state index in [9.17, 15) is 9.59 Å². The molecule has 1 aliphatic heterocycles. The normalized spacial score (nSPS) is 14.4. The molecule has 0 radical (unpaired) electrons. The number of carbonyl (C=O) groups excluding carboxylic acids is 2. The lowest BCUT2D eigenvalue weighted by Crippen LogP contribution is -2.40. The van der Waals surface area contributed by atoms with E-state index in [-0.39, 0.29) is 11.8 Å². The monoisotopic (exact) mass is 232 g/mol. The highest BCUT2D eigenvalue weighted by Gasteiger charge is 2.22. The zero-order valence-corrected chi connectivity index (χ0v) is 9.90. The zero-order valence-electron chi connectivity index (χ0n) is 9.90. The van der Waals surface area contributed by atoms with Gasteiger partial charge in [0.25, 0.3) is 0 Å². The van der Waals surface area contributed by atoms with E-state index in [1.807, 2.05) is 24.3 Å². The Labute approximate surface area is 101 Å². The summed E-state index contributed by atoms with van der Waals surface area (Å²) in [6, 6.07) is 7.93. The van der Waals surface area contributed by atoms with E-state index >= 15 is 0 Å². The van der Waals surface area contributed by atoms with E-state index in [1.54, 1.807) is 4.90 Å². The Morgan fingerprint density at radius 1 is 1.35 bits per heavy atom. The first-order valence-corrected chi connectivity index (χ1v) is 5.81. The molecule has 0 fully saturated rings. The van der Waals surface area contributed by atoms with Crippen molar-refractivity contribution < 1.29 is 9.59 Å². The molecule has 90 valence electrons. The molecule has 0 aromatic heterocycles. The van der Waals surface area contributed by atoms with Crippen LogP contribution in [0.2, 0.25) is 0 Å². The maximum Gasteiger partial charge on any atom is 0.227 e. The molecular formula is C13H16N2O2. The molecule has 1 N–H and O–H groups in total. The molecule has 0 spiro atoms. The van der Waals surface area contributed by atoms with Crippen LogP contribution in [0.4, 0.5) is 5.69 Å². The molecule has 1 heterocycles. The molecule has 0 saturated carbocycles. The number of nitrogens with one attached hydrogen (secondary N) is 1. The first-order valence-electron chi connectivity index (χ1n) is 5.81. The van der Waals surface area contributed by atoms with Crippen LogP contribution in [0.5, 0.6) is 0 Å². The third kappa shape index (κ3) is 2.64. The van der Waals surface area contributed by atoms with Gasteiger partial charge in [-0.15, -0.1) is 0 Å². The Balaban J connectivity index is 2.10. The predicted molar refractivity (Wildman–Crippen MR) is 65.8 cm³/mol. The van der Waals surface area contributed by atoms with Crippen LogP contribution in [0.1, 0.15) is 18.9 Å². The van der Waals surface area contributed by atoms with Crippen molar-refractivity contribution in [1.29, 1.82) is 0 Å². The molecule has 0 unspecified atom stereocenters. The quantitative estimate of drug-likeness (QED) is 0.848. The minimum absolute atomic E-state index is 0.0669. The molecule has 1 aromatic carbocycles. The van der Waals surface area contributed by atoms with E-state index in [0.29, 0.717) is 19.5 Å². The number of fused-ring (bicyclic) bond motifs is 1. The molecule has 2 rings (SSSR count). The van der Waals surface area contributed by atoms with E-state index in [1.165, 1.54) is 12.5 Å². The van der Waals surface area contributed by atoms with Gasteiger partial charge < -0.3 is 10.2 Å². The van der Waals surface area contributed by atoms with Crippen molar-refractivity contribution in [1.82, 2.24) is 5.32 Å². The Hall–Kier alpha value is -1.84. The smallest absolute Gasteiger partial charge is 0.227 e. The maximum atomic E-state index is 11.8. The fourth-order valence-corrected chi connectivity index (χ4v) is 2.09. The number of aryl methyl sites for hydroxylation is 1. The number of para-hydroxylation sites is 1. The Morgan fingerprint density at radius 3 is 2.88 bits per heavy atom. The van der Waals surface area contributed by atoms with Crippen LogP contribution >= 0.6 is 0 Å². The summed E-state index contributed by atoms with van der Waals surface area (Å²) >= 11 is 0. The number of anilines is 1. The lowest BCUT2D eigenvalue weighted by Gasteiger charge is -2.29. The van der Waals surface area contributed by atoms with E-state index < -0.39 is 0 Å². The highest BCUT2D eigenvalue weighted by molar-refractivity contribution is 5.96. The molecule has 4 heteroatoms. The first kappa shape index (κ1) is 11.6. The number of benzene rings is 1. The van der Waals surface area contributed by atoms with Crippen molar-refractivity contribution in [3.8, 4) is 0 Å². The van der Waals surface area contributed by atoms with Gasteiger partial charge in [0.05, 0.1) is 0 Å². The van der Waals surface area contributed by atoms with Crippen molar-refractivity contribution in [3.63, 3.8) is 0 Å². The van der Waals surface area contributed by atoms with Crippen molar-refractivity contribution in [2.75, 3.05) is 18.0 Å². The molecule has 0 saturated heterocycles. The summed E-state index contributed by atoms with van der Waals surface area (Å²) in [5, 5.41) is 2.71. The maximum absolute atomic E-state index is 11.8. The van der Waals surface area contributed by atoms with Gasteiger partial charge in [0.15, 0.2) is 0 Å². The number of rotatable bonds is 3. The van der Waals surface area contributed by atoms with Crippen molar-refractivity contribution >= 4 is 17.5 Å². The molecule has 1 aliphatic rings. The van der Waals surface area contributed by atoms with Crippen molar-refractivity contribution in [3.05, 3.63) is 29.8 Å². The van der Waals surface area contributed by atoms with E-state index in [0.717, 1.165) is 12.1 Å². The van der Waals surface area contributed by atoms with Crippen LogP contribution in [0.15, 0.2) is 24.3 Å². The van der Waals surface area contributed by atoms with E-state index in [2.05, 4.69) is 5.32 Å². The van der Waals surface area contributed by atoms with Gasteiger partial charge in [-0.2, -0.15) is 0 Å². The number of carbonyl (C=O) groups is 2. The highest BCUT2D eigenvalue weighted by atomic mass is 16.2. The zero-order chi connectivity index (χ0) is 12.3. The summed E-state index contributed by atoms with van der Waals surface area (Å²) in [7, 11) is 0. The average Bonchev–Trinajstić information content (AvgIpc) is 2.32. The van der Waals surface area contributed by atoms with Crippen LogP contribution in [-0.2, 0) is 16.0 Å². The lowest BCUT2D eigenvalue weighted by molar-refractivity contribution is -0.120. The Bertz CT molecular complexity index is 443. The minimum atomic E-state index is -0.0669. The number of nitrogens with zero attached hydrogens (tertiary/aromatic N) is 1. The fraction of sp³-hybridized carbons (Fsp3) is 0.385. The molecule has 0 bridgehead atoms. The standard InChI is InChI=1S/C13H16N2O2/c1-10(16)14-8-9-15-12-5-3-2-4-11(12)6-7-13(15)17/h2-5H,6-9H2,1H3,(H,14,16). The second-order valence-electron chi connectivity index (χ2n) is 4.16. The summed E-state index contributed by atoms with van der Waals surface area (Å²) in [5.74, 6) is 0.0665. The van der Waals surface area contributed by atoms with Crippen LogP contribution in [0.25, 0.3) is 0 Å². The molecule has 17 heavy (non-hydrogen) atoms. The molecule has 2 amide bonds. The van der Waals surface area contributed by atoms with Gasteiger partial charge in [-0.3, -0.25) is 9.59 Å². The van der Waals surface area contributed by atoms with Gasteiger partial charge >= 0.3 is 0 Å². The summed E-state index contributed by atoms with van der Waals surface area (Å²) in [5.41, 5.74) is 2.18. The van der Waals surface area contributed by atoms with Crippen LogP contribution in [-0.4, -0.2) is 24.9 Å². The first-order chi connectivity index (χ1) is 8.18. The average molecular weight is 232 g/mol. The summed E-state index contributed by atoms with van der Waals surface area (Å²) < 4.78 is 0. The third-order valence-electron chi connectivity index (χ3n) is 2.90. The number of hydrogen-bond donors (Lipinski definition) is 1. The minimum Gasteiger partial charge on any atom is -0.355 e. The second-order valence-corrected chi connectivity index (χ2v) is 4.16. The highest BCUT2D eigenvalue weighted by Crippen LogP contribution is 2.26. The van der Waals surface area contributed by atoms with Gasteiger partial charge in [0.2, 0.25) is 11.8 Å². The van der Waals surface area contributed by atoms with Crippen LogP contribution in [0, 0.1) is 0 Å². The largest absolute Gasteiger partial charge is 0.355 e. The Morgan fingerprint density at radius 2 is 2.12 bits per heavy atom. The van der Waals surface area contributed by atoms with E-state index in [4.69, 9.17) is 0 Å². The van der Waals surface area contributed by atoms with Gasteiger partial charge in [0.1, 0.15) is 0 Å². The van der Waals surface area contributed by atoms with Crippen LogP contribution in [0.3, 0.4) is 0 Å². The SMILES string of the molecule is CC(=O)NCCN1C(=O)CCc2ccccc21. The molecule has 0 aliphatic carbocycles. The summed E-state index contributed by atoms with van der Waals surface area (Å²) in [4.78, 5) is 24.4.